The summed E-state index contributed by atoms with van der Waals surface area (Å²) in [5.74, 6) is -1.62. The minimum atomic E-state index is -0.899. The van der Waals surface area contributed by atoms with Crippen LogP contribution >= 0.6 is 0 Å². The first-order valence-corrected chi connectivity index (χ1v) is 6.02. The summed E-state index contributed by atoms with van der Waals surface area (Å²) in [6.45, 7) is 1.61. The summed E-state index contributed by atoms with van der Waals surface area (Å²) < 4.78 is 0. The Balaban J connectivity index is 0.00000200. The van der Waals surface area contributed by atoms with Crippen molar-refractivity contribution in [1.29, 1.82) is 0 Å². The van der Waals surface area contributed by atoms with Gasteiger partial charge in [0.05, 0.1) is 5.92 Å². The SMILES string of the molecule is C[C@H](C(=O)O)c1cccc(C(=O)c2ccccc2)c1.[Na+].[OH-]. The Morgan fingerprint density at radius 1 is 0.952 bits per heavy atom. The van der Waals surface area contributed by atoms with Crippen molar-refractivity contribution in [3.05, 3.63) is 71.3 Å². The maximum atomic E-state index is 12.2. The number of hydrogen-bond donors (Lipinski definition) is 1. The van der Waals surface area contributed by atoms with Crippen molar-refractivity contribution in [1.82, 2.24) is 0 Å². The first-order chi connectivity index (χ1) is 9.09. The van der Waals surface area contributed by atoms with E-state index in [1.807, 2.05) is 6.07 Å². The largest absolute Gasteiger partial charge is 1.00 e. The van der Waals surface area contributed by atoms with Crippen molar-refractivity contribution in [2.24, 2.45) is 0 Å². The van der Waals surface area contributed by atoms with Gasteiger partial charge in [0, 0.05) is 11.1 Å². The molecule has 104 valence electrons. The van der Waals surface area contributed by atoms with Gasteiger partial charge in [0.25, 0.3) is 0 Å². The van der Waals surface area contributed by atoms with Gasteiger partial charge in [0.1, 0.15) is 0 Å². The van der Waals surface area contributed by atoms with Gasteiger partial charge in [-0.2, -0.15) is 0 Å². The normalized spacial score (nSPS) is 10.7. The first kappa shape index (κ1) is 19.5. The molecule has 5 heteroatoms. The molecule has 0 fully saturated rings. The molecule has 4 nitrogen and oxygen atoms in total. The maximum absolute atomic E-state index is 12.2. The molecule has 0 bridgehead atoms. The second-order valence-corrected chi connectivity index (χ2v) is 4.38. The molecule has 0 heterocycles. The third-order valence-corrected chi connectivity index (χ3v) is 3.06. The quantitative estimate of drug-likeness (QED) is 0.632. The molecule has 0 aromatic heterocycles. The van der Waals surface area contributed by atoms with E-state index in [1.54, 1.807) is 55.5 Å². The fourth-order valence-electron chi connectivity index (χ4n) is 1.85. The fourth-order valence-corrected chi connectivity index (χ4v) is 1.85. The standard InChI is InChI=1S/C16H14O3.Na.H2O/c1-11(16(18)19)13-8-5-9-14(10-13)15(17)12-6-3-2-4-7-12;;/h2-11H,1H3,(H,18,19);;1H2/q;+1;/p-1/t11-;;/m0../s1. The average Bonchev–Trinajstić information content (AvgIpc) is 2.46. The van der Waals surface area contributed by atoms with Crippen LogP contribution in [0.2, 0.25) is 0 Å². The minimum Gasteiger partial charge on any atom is -0.870 e. The van der Waals surface area contributed by atoms with Crippen molar-refractivity contribution in [2.75, 3.05) is 0 Å². The van der Waals surface area contributed by atoms with Crippen molar-refractivity contribution in [3.63, 3.8) is 0 Å². The van der Waals surface area contributed by atoms with Gasteiger partial charge in [-0.15, -0.1) is 0 Å². The van der Waals surface area contributed by atoms with Crippen molar-refractivity contribution >= 4 is 11.8 Å². The number of hydrogen-bond acceptors (Lipinski definition) is 3. The third kappa shape index (κ3) is 4.79. The molecular formula is C16H15NaO4. The van der Waals surface area contributed by atoms with Crippen molar-refractivity contribution in [2.45, 2.75) is 12.8 Å². The van der Waals surface area contributed by atoms with Crippen LogP contribution in [0.1, 0.15) is 34.3 Å². The van der Waals surface area contributed by atoms with Gasteiger partial charge >= 0.3 is 35.5 Å². The molecule has 2 aromatic rings. The van der Waals surface area contributed by atoms with Crippen LogP contribution in [-0.4, -0.2) is 22.3 Å². The summed E-state index contributed by atoms with van der Waals surface area (Å²) in [5.41, 5.74) is 1.74. The Morgan fingerprint density at radius 3 is 2.10 bits per heavy atom. The summed E-state index contributed by atoms with van der Waals surface area (Å²) >= 11 is 0. The molecule has 0 unspecified atom stereocenters. The van der Waals surface area contributed by atoms with Gasteiger partial charge in [0.2, 0.25) is 0 Å². The van der Waals surface area contributed by atoms with Crippen LogP contribution in [0.4, 0.5) is 0 Å². The van der Waals surface area contributed by atoms with E-state index >= 15 is 0 Å². The molecule has 0 saturated carbocycles. The number of benzene rings is 2. The van der Waals surface area contributed by atoms with Crippen LogP contribution in [0.5, 0.6) is 0 Å². The van der Waals surface area contributed by atoms with E-state index in [0.29, 0.717) is 16.7 Å². The Hall–Kier alpha value is -1.46. The predicted molar refractivity (Wildman–Crippen MR) is 74.3 cm³/mol. The van der Waals surface area contributed by atoms with Crippen molar-refractivity contribution in [3.8, 4) is 0 Å². The van der Waals surface area contributed by atoms with Crippen molar-refractivity contribution < 1.29 is 49.7 Å². The number of carboxylic acids is 1. The smallest absolute Gasteiger partial charge is 0.870 e. The fraction of sp³-hybridized carbons (Fsp3) is 0.125. The van der Waals surface area contributed by atoms with E-state index in [0.717, 1.165) is 0 Å². The van der Waals surface area contributed by atoms with Gasteiger partial charge < -0.3 is 10.6 Å². The minimum absolute atomic E-state index is 0. The second kappa shape index (κ2) is 8.74. The van der Waals surface area contributed by atoms with Gasteiger partial charge in [-0.05, 0) is 18.6 Å². The molecular weight excluding hydrogens is 279 g/mol. The number of carboxylic acid groups (broad SMARTS) is 1. The molecule has 0 radical (unpaired) electrons. The van der Waals surface area contributed by atoms with Crippen LogP contribution < -0.4 is 29.6 Å². The molecule has 21 heavy (non-hydrogen) atoms. The topological polar surface area (TPSA) is 84.4 Å². The Morgan fingerprint density at radius 2 is 1.52 bits per heavy atom. The van der Waals surface area contributed by atoms with Crippen LogP contribution in [-0.2, 0) is 4.79 Å². The first-order valence-electron chi connectivity index (χ1n) is 6.02. The van der Waals surface area contributed by atoms with Gasteiger partial charge in [-0.3, -0.25) is 9.59 Å². The second-order valence-electron chi connectivity index (χ2n) is 4.38. The molecule has 0 amide bonds. The van der Waals surface area contributed by atoms with E-state index in [-0.39, 0.29) is 40.8 Å². The van der Waals surface area contributed by atoms with E-state index in [1.165, 1.54) is 0 Å². The number of carbonyl (C=O) groups excluding carboxylic acids is 1. The molecule has 2 rings (SSSR count). The van der Waals surface area contributed by atoms with E-state index in [4.69, 9.17) is 5.11 Å². The molecule has 0 saturated heterocycles. The van der Waals surface area contributed by atoms with E-state index < -0.39 is 11.9 Å². The van der Waals surface area contributed by atoms with Gasteiger partial charge in [0.15, 0.2) is 5.78 Å². The molecule has 2 N–H and O–H groups in total. The Bertz CT molecular complexity index is 611. The summed E-state index contributed by atoms with van der Waals surface area (Å²) in [4.78, 5) is 23.2. The predicted octanol–water partition coefficient (Wildman–Crippen LogP) is -0.0671. The summed E-state index contributed by atoms with van der Waals surface area (Å²) in [6, 6.07) is 15.7. The van der Waals surface area contributed by atoms with Crippen LogP contribution in [0.25, 0.3) is 0 Å². The maximum Gasteiger partial charge on any atom is 1.00 e. The Labute approximate surface area is 145 Å². The summed E-state index contributed by atoms with van der Waals surface area (Å²) in [6.07, 6.45) is 0. The third-order valence-electron chi connectivity index (χ3n) is 3.06. The summed E-state index contributed by atoms with van der Waals surface area (Å²) in [5, 5.41) is 9.00. The monoisotopic (exact) mass is 294 g/mol. The average molecular weight is 294 g/mol. The molecule has 2 aromatic carbocycles. The Kier molecular flexibility index (Phi) is 8.14. The van der Waals surface area contributed by atoms with Gasteiger partial charge in [-0.1, -0.05) is 48.5 Å². The van der Waals surface area contributed by atoms with Crippen LogP contribution in [0, 0.1) is 0 Å². The molecule has 0 aliphatic heterocycles. The number of ketones is 1. The number of aliphatic carboxylic acids is 1. The van der Waals surface area contributed by atoms with Gasteiger partial charge in [-0.25, -0.2) is 0 Å². The zero-order valence-corrected chi connectivity index (χ0v) is 14.0. The van der Waals surface area contributed by atoms with Crippen LogP contribution in [0.15, 0.2) is 54.6 Å². The molecule has 0 aliphatic carbocycles. The van der Waals surface area contributed by atoms with E-state index in [9.17, 15) is 9.59 Å². The molecule has 1 atom stereocenters. The zero-order valence-electron chi connectivity index (χ0n) is 12.0. The zero-order chi connectivity index (χ0) is 13.8. The number of rotatable bonds is 4. The molecule has 0 spiro atoms. The molecule has 0 aliphatic rings. The van der Waals surface area contributed by atoms with E-state index in [2.05, 4.69) is 0 Å². The van der Waals surface area contributed by atoms with Crippen LogP contribution in [0.3, 0.4) is 0 Å². The summed E-state index contributed by atoms with van der Waals surface area (Å²) in [7, 11) is 0. The number of carbonyl (C=O) groups is 2.